The third-order valence-corrected chi connectivity index (χ3v) is 0.787. The number of hydrogen-bond donors (Lipinski definition) is 1. The van der Waals surface area contributed by atoms with E-state index in [1.165, 1.54) is 0 Å². The van der Waals surface area contributed by atoms with Gasteiger partial charge < -0.3 is 4.74 Å². The molecular weight excluding hydrogens is 206 g/mol. The monoisotopic (exact) mass is 214 g/mol. The van der Waals surface area contributed by atoms with Crippen LogP contribution in [0.25, 0.3) is 0 Å². The van der Waals surface area contributed by atoms with Crippen LogP contribution >= 0.6 is 24.8 Å². The van der Waals surface area contributed by atoms with Gasteiger partial charge in [0.2, 0.25) is 4.38 Å². The average molecular weight is 216 g/mol. The van der Waals surface area contributed by atoms with Crippen molar-refractivity contribution in [2.45, 2.75) is 13.8 Å². The van der Waals surface area contributed by atoms with Crippen LogP contribution < -0.4 is 0 Å². The van der Waals surface area contributed by atoms with E-state index in [9.17, 15) is 0 Å². The molecule has 9 heavy (non-hydrogen) atoms. The summed E-state index contributed by atoms with van der Waals surface area (Å²) in [6.45, 7) is 4.79. The molecule has 0 heterocycles. The zero-order chi connectivity index (χ0) is 6.57. The molecule has 0 aromatic heterocycles. The summed E-state index contributed by atoms with van der Waals surface area (Å²) in [6, 6.07) is 0. The van der Waals surface area contributed by atoms with Crippen LogP contribution in [0.3, 0.4) is 0 Å². The van der Waals surface area contributed by atoms with Crippen LogP contribution in [0.5, 0.6) is 0 Å². The second kappa shape index (κ2) is 6.98. The van der Waals surface area contributed by atoms with Gasteiger partial charge in [0.15, 0.2) is 0 Å². The Morgan fingerprint density at radius 1 is 1.67 bits per heavy atom. The maximum Gasteiger partial charge on any atom is 0.216 e. The molecule has 1 nitrogen and oxygen atoms in total. The van der Waals surface area contributed by atoms with Gasteiger partial charge >= 0.3 is 0 Å². The van der Waals surface area contributed by atoms with Crippen molar-refractivity contribution in [1.82, 2.24) is 0 Å². The third kappa shape index (κ3) is 12.1. The molecule has 0 radical (unpaired) electrons. The first kappa shape index (κ1) is 12.5. The fourth-order valence-electron chi connectivity index (χ4n) is 0.238. The SMILES string of the molecule is CC(C)COC(=S)S.[Zn]. The van der Waals surface area contributed by atoms with Crippen molar-refractivity contribution in [1.29, 1.82) is 0 Å². The summed E-state index contributed by atoms with van der Waals surface area (Å²) in [5.74, 6) is 0.528. The van der Waals surface area contributed by atoms with Gasteiger partial charge in [-0.15, -0.1) is 0 Å². The molecule has 0 aliphatic heterocycles. The van der Waals surface area contributed by atoms with Crippen molar-refractivity contribution < 1.29 is 24.2 Å². The molecule has 0 aliphatic carbocycles. The first-order valence-electron chi connectivity index (χ1n) is 2.48. The summed E-state index contributed by atoms with van der Waals surface area (Å²) in [5, 5.41) is 0. The zero-order valence-electron chi connectivity index (χ0n) is 5.76. The normalized spacial score (nSPS) is 8.44. The Bertz CT molecular complexity index is 85.0. The van der Waals surface area contributed by atoms with E-state index in [4.69, 9.17) is 4.74 Å². The Kier molecular flexibility index (Phi) is 9.71. The molecule has 0 atom stereocenters. The molecular formula is C5H10OS2Zn. The molecule has 0 saturated carbocycles. The van der Waals surface area contributed by atoms with E-state index in [0.29, 0.717) is 16.9 Å². The van der Waals surface area contributed by atoms with Crippen molar-refractivity contribution in [3.8, 4) is 0 Å². The minimum atomic E-state index is 0. The Hall–Kier alpha value is 0.863. The molecule has 0 N–H and O–H groups in total. The fraction of sp³-hybridized carbons (Fsp3) is 0.800. The van der Waals surface area contributed by atoms with Gasteiger partial charge in [0.05, 0.1) is 6.61 Å². The van der Waals surface area contributed by atoms with Crippen LogP contribution in [-0.4, -0.2) is 11.0 Å². The summed E-state index contributed by atoms with van der Waals surface area (Å²) in [5.41, 5.74) is 0. The minimum Gasteiger partial charge on any atom is -0.478 e. The van der Waals surface area contributed by atoms with Gasteiger partial charge in [-0.05, 0) is 18.1 Å². The van der Waals surface area contributed by atoms with Crippen molar-refractivity contribution in [3.05, 3.63) is 0 Å². The standard InChI is InChI=1S/C5H10OS2.Zn/c1-4(2)3-6-5(7)8;/h4H,3H2,1-2H3,(H,7,8);. The van der Waals surface area contributed by atoms with Crippen molar-refractivity contribution in [2.24, 2.45) is 5.92 Å². The molecule has 0 amide bonds. The Labute approximate surface area is 79.7 Å². The van der Waals surface area contributed by atoms with E-state index in [-0.39, 0.29) is 19.5 Å². The quantitative estimate of drug-likeness (QED) is 0.428. The van der Waals surface area contributed by atoms with Gasteiger partial charge in [-0.25, -0.2) is 0 Å². The Balaban J connectivity index is 0. The van der Waals surface area contributed by atoms with Crippen LogP contribution in [0.1, 0.15) is 13.8 Å². The topological polar surface area (TPSA) is 9.23 Å². The summed E-state index contributed by atoms with van der Waals surface area (Å²) in [6.07, 6.45) is 0. The zero-order valence-corrected chi connectivity index (χ0v) is 10.4. The van der Waals surface area contributed by atoms with E-state index >= 15 is 0 Å². The van der Waals surface area contributed by atoms with Gasteiger partial charge in [0, 0.05) is 19.5 Å². The van der Waals surface area contributed by atoms with Crippen LogP contribution in [0.15, 0.2) is 0 Å². The molecule has 0 aromatic rings. The molecule has 50 valence electrons. The van der Waals surface area contributed by atoms with E-state index in [2.05, 4.69) is 38.7 Å². The van der Waals surface area contributed by atoms with E-state index < -0.39 is 0 Å². The smallest absolute Gasteiger partial charge is 0.216 e. The van der Waals surface area contributed by atoms with Gasteiger partial charge in [-0.1, -0.05) is 26.5 Å². The molecule has 0 saturated heterocycles. The Morgan fingerprint density at radius 3 is 2.22 bits per heavy atom. The van der Waals surface area contributed by atoms with Crippen LogP contribution in [0.2, 0.25) is 0 Å². The summed E-state index contributed by atoms with van der Waals surface area (Å²) in [4.78, 5) is 0. The Morgan fingerprint density at radius 2 is 2.11 bits per heavy atom. The largest absolute Gasteiger partial charge is 0.478 e. The van der Waals surface area contributed by atoms with Gasteiger partial charge in [0.25, 0.3) is 0 Å². The predicted molar refractivity (Wildman–Crippen MR) is 42.4 cm³/mol. The van der Waals surface area contributed by atoms with Gasteiger partial charge in [0.1, 0.15) is 0 Å². The molecule has 0 bridgehead atoms. The maximum absolute atomic E-state index is 4.90. The molecule has 0 rings (SSSR count). The average Bonchev–Trinajstić information content (AvgIpc) is 1.61. The molecule has 0 fully saturated rings. The number of thiol groups is 1. The molecule has 4 heteroatoms. The molecule has 0 spiro atoms. The van der Waals surface area contributed by atoms with Crippen molar-refractivity contribution in [2.75, 3.05) is 6.61 Å². The minimum absolute atomic E-state index is 0. The number of ether oxygens (including phenoxy) is 1. The maximum atomic E-state index is 4.90. The molecule has 0 aliphatic rings. The third-order valence-electron chi connectivity index (χ3n) is 0.540. The van der Waals surface area contributed by atoms with Crippen molar-refractivity contribution >= 4 is 29.2 Å². The van der Waals surface area contributed by atoms with Crippen molar-refractivity contribution in [3.63, 3.8) is 0 Å². The van der Waals surface area contributed by atoms with Crippen LogP contribution in [-0.2, 0) is 24.2 Å². The van der Waals surface area contributed by atoms with Gasteiger partial charge in [-0.2, -0.15) is 0 Å². The summed E-state index contributed by atoms with van der Waals surface area (Å²) in [7, 11) is 0. The summed E-state index contributed by atoms with van der Waals surface area (Å²) < 4.78 is 5.23. The van der Waals surface area contributed by atoms with Gasteiger partial charge in [-0.3, -0.25) is 0 Å². The second-order valence-electron chi connectivity index (χ2n) is 1.97. The number of thiocarbonyl (C=S) groups is 1. The van der Waals surface area contributed by atoms with E-state index in [1.807, 2.05) is 0 Å². The fourth-order valence-corrected chi connectivity index (χ4v) is 0.381. The second-order valence-corrected chi connectivity index (χ2v) is 3.05. The predicted octanol–water partition coefficient (Wildman–Crippen LogP) is 1.87. The van der Waals surface area contributed by atoms with E-state index in [1.54, 1.807) is 0 Å². The summed E-state index contributed by atoms with van der Waals surface area (Å²) >= 11 is 8.34. The van der Waals surface area contributed by atoms with Crippen LogP contribution in [0, 0.1) is 5.92 Å². The first-order valence-corrected chi connectivity index (χ1v) is 3.34. The first-order chi connectivity index (χ1) is 3.63. The van der Waals surface area contributed by atoms with Crippen LogP contribution in [0.4, 0.5) is 0 Å². The van der Waals surface area contributed by atoms with E-state index in [0.717, 1.165) is 0 Å². The molecule has 0 unspecified atom stereocenters. The number of rotatable bonds is 2. The molecule has 0 aromatic carbocycles. The number of hydrogen-bond acceptors (Lipinski definition) is 2.